The predicted molar refractivity (Wildman–Crippen MR) is 67.9 cm³/mol. The van der Waals surface area contributed by atoms with Gasteiger partial charge in [0.25, 0.3) is 0 Å². The summed E-state index contributed by atoms with van der Waals surface area (Å²) in [6.07, 6.45) is 4.21. The van der Waals surface area contributed by atoms with Gasteiger partial charge in [-0.25, -0.2) is 4.39 Å². The first-order chi connectivity index (χ1) is 8.69. The van der Waals surface area contributed by atoms with Gasteiger partial charge in [0.2, 0.25) is 0 Å². The lowest BCUT2D eigenvalue weighted by Crippen LogP contribution is -2.02. The van der Waals surface area contributed by atoms with Crippen molar-refractivity contribution < 1.29 is 18.7 Å². The number of methoxy groups -OCH3 is 1. The molecule has 0 aliphatic heterocycles. The molecule has 18 heavy (non-hydrogen) atoms. The fraction of sp³-hybridized carbons (Fsp3) is 0.357. The minimum absolute atomic E-state index is 0.211. The monoisotopic (exact) mass is 252 g/mol. The Hall–Kier alpha value is -1.84. The number of benzene rings is 1. The van der Waals surface area contributed by atoms with Crippen LogP contribution in [0.25, 0.3) is 6.08 Å². The quantitative estimate of drug-likeness (QED) is 0.729. The van der Waals surface area contributed by atoms with Gasteiger partial charge >= 0.3 is 5.97 Å². The van der Waals surface area contributed by atoms with E-state index in [0.29, 0.717) is 25.0 Å². The maximum Gasteiger partial charge on any atom is 0.306 e. The van der Waals surface area contributed by atoms with Crippen LogP contribution in [0.4, 0.5) is 4.39 Å². The van der Waals surface area contributed by atoms with Crippen LogP contribution < -0.4 is 4.74 Å². The second-order valence-electron chi connectivity index (χ2n) is 3.61. The number of carbonyl (C=O) groups is 1. The minimum atomic E-state index is -0.396. The summed E-state index contributed by atoms with van der Waals surface area (Å²) in [5.41, 5.74) is 0.443. The summed E-state index contributed by atoms with van der Waals surface area (Å²) in [6.45, 7) is 2.15. The molecule has 0 aromatic heterocycles. The minimum Gasteiger partial charge on any atom is -0.494 e. The molecule has 0 heterocycles. The molecule has 0 aliphatic rings. The highest BCUT2D eigenvalue weighted by Gasteiger charge is 2.05. The summed E-state index contributed by atoms with van der Waals surface area (Å²) in [5, 5.41) is 0. The van der Waals surface area contributed by atoms with E-state index < -0.39 is 5.82 Å². The molecule has 0 N–H and O–H groups in total. The molecule has 0 saturated carbocycles. The van der Waals surface area contributed by atoms with Crippen molar-refractivity contribution in [2.75, 3.05) is 13.7 Å². The molecule has 0 aliphatic carbocycles. The molecule has 1 rings (SSSR count). The van der Waals surface area contributed by atoms with E-state index in [1.54, 1.807) is 37.3 Å². The topological polar surface area (TPSA) is 35.5 Å². The molecule has 1 aromatic carbocycles. The summed E-state index contributed by atoms with van der Waals surface area (Å²) in [6, 6.07) is 4.93. The Balaban J connectivity index is 2.54. The molecule has 0 saturated heterocycles. The van der Waals surface area contributed by atoms with E-state index in [9.17, 15) is 9.18 Å². The molecule has 0 fully saturated rings. The molecule has 0 unspecified atom stereocenters. The second kappa shape index (κ2) is 7.48. The Morgan fingerprint density at radius 1 is 1.44 bits per heavy atom. The molecule has 1 aromatic rings. The summed E-state index contributed by atoms with van der Waals surface area (Å²) < 4.78 is 23.4. The third-order valence-electron chi connectivity index (χ3n) is 2.33. The number of allylic oxidation sites excluding steroid dienone is 1. The van der Waals surface area contributed by atoms with Gasteiger partial charge in [-0.3, -0.25) is 4.79 Å². The predicted octanol–water partition coefficient (Wildman–Crippen LogP) is 3.19. The molecule has 98 valence electrons. The number of carbonyl (C=O) groups excluding carboxylic acids is 1. The summed E-state index contributed by atoms with van der Waals surface area (Å²) >= 11 is 0. The van der Waals surface area contributed by atoms with Crippen LogP contribution in [0.2, 0.25) is 0 Å². The lowest BCUT2D eigenvalue weighted by atomic mass is 10.1. The zero-order valence-electron chi connectivity index (χ0n) is 10.6. The number of ether oxygens (including phenoxy) is 2. The van der Waals surface area contributed by atoms with Crippen LogP contribution in [0.1, 0.15) is 25.3 Å². The third kappa shape index (κ3) is 4.20. The first-order valence-electron chi connectivity index (χ1n) is 5.83. The molecule has 0 spiro atoms. The molecule has 0 amide bonds. The molecule has 0 radical (unpaired) electrons. The first-order valence-corrected chi connectivity index (χ1v) is 5.83. The standard InChI is InChI=1S/C14H17FO3/c1-3-18-13(16)10-5-4-7-11-8-6-9-12(17-2)14(11)15/h4,6-9H,3,5,10H2,1-2H3/b7-4+. The van der Waals surface area contributed by atoms with E-state index in [-0.39, 0.29) is 11.7 Å². The molecular formula is C14H17FO3. The van der Waals surface area contributed by atoms with Crippen molar-refractivity contribution in [1.82, 2.24) is 0 Å². The van der Waals surface area contributed by atoms with Gasteiger partial charge in [0.15, 0.2) is 11.6 Å². The number of halogens is 1. The average molecular weight is 252 g/mol. The van der Waals surface area contributed by atoms with E-state index in [2.05, 4.69) is 0 Å². The van der Waals surface area contributed by atoms with E-state index in [1.807, 2.05) is 0 Å². The highest BCUT2D eigenvalue weighted by Crippen LogP contribution is 2.21. The van der Waals surface area contributed by atoms with Crippen LogP contribution in [0, 0.1) is 5.82 Å². The fourth-order valence-corrected chi connectivity index (χ4v) is 1.46. The Morgan fingerprint density at radius 2 is 2.22 bits per heavy atom. The fourth-order valence-electron chi connectivity index (χ4n) is 1.46. The van der Waals surface area contributed by atoms with Crippen molar-refractivity contribution in [3.05, 3.63) is 35.7 Å². The molecule has 0 bridgehead atoms. The normalized spacial score (nSPS) is 10.6. The molecule has 3 nitrogen and oxygen atoms in total. The SMILES string of the molecule is CCOC(=O)CC/C=C/c1cccc(OC)c1F. The Morgan fingerprint density at radius 3 is 2.89 bits per heavy atom. The van der Waals surface area contributed by atoms with Gasteiger partial charge in [-0.2, -0.15) is 0 Å². The molecule has 0 atom stereocenters. The van der Waals surface area contributed by atoms with Crippen molar-refractivity contribution >= 4 is 12.0 Å². The highest BCUT2D eigenvalue weighted by atomic mass is 19.1. The van der Waals surface area contributed by atoms with Gasteiger partial charge in [0.1, 0.15) is 0 Å². The number of hydrogen-bond donors (Lipinski definition) is 0. The van der Waals surface area contributed by atoms with Crippen molar-refractivity contribution in [2.24, 2.45) is 0 Å². The highest BCUT2D eigenvalue weighted by molar-refractivity contribution is 5.69. The van der Waals surface area contributed by atoms with Gasteiger partial charge in [0, 0.05) is 12.0 Å². The van der Waals surface area contributed by atoms with Crippen molar-refractivity contribution in [1.29, 1.82) is 0 Å². The van der Waals surface area contributed by atoms with Crippen LogP contribution in [-0.2, 0) is 9.53 Å². The first kappa shape index (κ1) is 14.2. The van der Waals surface area contributed by atoms with E-state index in [1.165, 1.54) is 7.11 Å². The average Bonchev–Trinajstić information content (AvgIpc) is 2.36. The third-order valence-corrected chi connectivity index (χ3v) is 2.33. The van der Waals surface area contributed by atoms with Crippen LogP contribution in [0.3, 0.4) is 0 Å². The Kier molecular flexibility index (Phi) is 5.91. The maximum atomic E-state index is 13.7. The van der Waals surface area contributed by atoms with Gasteiger partial charge < -0.3 is 9.47 Å². The Labute approximate surface area is 106 Å². The van der Waals surface area contributed by atoms with Gasteiger partial charge in [-0.05, 0) is 19.4 Å². The molecular weight excluding hydrogens is 235 g/mol. The number of rotatable bonds is 6. The lowest BCUT2D eigenvalue weighted by Gasteiger charge is -2.03. The summed E-state index contributed by atoms with van der Waals surface area (Å²) in [4.78, 5) is 11.1. The van der Waals surface area contributed by atoms with E-state index in [4.69, 9.17) is 9.47 Å². The van der Waals surface area contributed by atoms with Crippen LogP contribution in [0.15, 0.2) is 24.3 Å². The maximum absolute atomic E-state index is 13.7. The Bertz CT molecular complexity index is 427. The zero-order valence-corrected chi connectivity index (χ0v) is 10.6. The van der Waals surface area contributed by atoms with Gasteiger partial charge in [-0.1, -0.05) is 24.3 Å². The van der Waals surface area contributed by atoms with Crippen molar-refractivity contribution in [2.45, 2.75) is 19.8 Å². The van der Waals surface area contributed by atoms with Gasteiger partial charge in [-0.15, -0.1) is 0 Å². The zero-order chi connectivity index (χ0) is 13.4. The summed E-state index contributed by atoms with van der Waals surface area (Å²) in [7, 11) is 1.42. The largest absolute Gasteiger partial charge is 0.494 e. The second-order valence-corrected chi connectivity index (χ2v) is 3.61. The van der Waals surface area contributed by atoms with Crippen LogP contribution in [-0.4, -0.2) is 19.7 Å². The summed E-state index contributed by atoms with van der Waals surface area (Å²) in [5.74, 6) is -0.428. The smallest absolute Gasteiger partial charge is 0.306 e. The number of esters is 1. The van der Waals surface area contributed by atoms with E-state index >= 15 is 0 Å². The number of hydrogen-bond acceptors (Lipinski definition) is 3. The van der Waals surface area contributed by atoms with Crippen LogP contribution >= 0.6 is 0 Å². The molecule has 4 heteroatoms. The lowest BCUT2D eigenvalue weighted by molar-refractivity contribution is -0.142. The van der Waals surface area contributed by atoms with Crippen molar-refractivity contribution in [3.63, 3.8) is 0 Å². The van der Waals surface area contributed by atoms with E-state index in [0.717, 1.165) is 0 Å². The van der Waals surface area contributed by atoms with Crippen molar-refractivity contribution in [3.8, 4) is 5.75 Å². The van der Waals surface area contributed by atoms with Crippen LogP contribution in [0.5, 0.6) is 5.75 Å². The van der Waals surface area contributed by atoms with Gasteiger partial charge in [0.05, 0.1) is 13.7 Å².